The molecule has 174 valence electrons. The third-order valence-electron chi connectivity index (χ3n) is 4.46. The van der Waals surface area contributed by atoms with Gasteiger partial charge in [-0.2, -0.15) is 5.10 Å². The highest BCUT2D eigenvalue weighted by Gasteiger charge is 2.22. The number of aromatic nitrogens is 2. The van der Waals surface area contributed by atoms with E-state index in [1.807, 2.05) is 0 Å². The van der Waals surface area contributed by atoms with Crippen LogP contribution >= 0.6 is 0 Å². The average molecular weight is 448 g/mol. The van der Waals surface area contributed by atoms with Crippen molar-refractivity contribution in [2.45, 2.75) is 13.5 Å². The summed E-state index contributed by atoms with van der Waals surface area (Å²) in [6.45, 7) is 1.84. The van der Waals surface area contributed by atoms with Gasteiger partial charge in [0.1, 0.15) is 22.9 Å². The predicted molar refractivity (Wildman–Crippen MR) is 115 cm³/mol. The highest BCUT2D eigenvalue weighted by Crippen LogP contribution is 2.23. The van der Waals surface area contributed by atoms with Gasteiger partial charge in [-0.15, -0.1) is 0 Å². The highest BCUT2D eigenvalue weighted by atomic mass is 16.5. The van der Waals surface area contributed by atoms with E-state index < -0.39 is 17.8 Å². The van der Waals surface area contributed by atoms with Crippen molar-refractivity contribution in [2.24, 2.45) is 7.05 Å². The van der Waals surface area contributed by atoms with Crippen molar-refractivity contribution >= 4 is 23.7 Å². The molecule has 0 atom stereocenters. The fourth-order valence-electron chi connectivity index (χ4n) is 2.95. The van der Waals surface area contributed by atoms with Crippen LogP contribution in [0.2, 0.25) is 0 Å². The Balaban J connectivity index is 2.19. The Bertz CT molecular complexity index is 935. The van der Waals surface area contributed by atoms with Crippen LogP contribution in [0.3, 0.4) is 0 Å². The van der Waals surface area contributed by atoms with E-state index in [4.69, 9.17) is 18.9 Å². The molecule has 0 unspecified atom stereocenters. The minimum absolute atomic E-state index is 0.125. The number of nitrogens with zero attached hydrogens (tertiary/aromatic N) is 3. The summed E-state index contributed by atoms with van der Waals surface area (Å²) >= 11 is 0. The van der Waals surface area contributed by atoms with Crippen molar-refractivity contribution in [1.82, 2.24) is 14.7 Å². The zero-order valence-corrected chi connectivity index (χ0v) is 18.8. The van der Waals surface area contributed by atoms with Crippen molar-refractivity contribution in [2.75, 3.05) is 46.3 Å². The van der Waals surface area contributed by atoms with E-state index in [1.165, 1.54) is 32.2 Å². The lowest BCUT2D eigenvalue weighted by Gasteiger charge is -2.21. The van der Waals surface area contributed by atoms with Gasteiger partial charge in [-0.1, -0.05) is 0 Å². The maximum absolute atomic E-state index is 12.8. The van der Waals surface area contributed by atoms with Crippen molar-refractivity contribution in [1.29, 1.82) is 0 Å². The third kappa shape index (κ3) is 6.71. The molecular weight excluding hydrogens is 420 g/mol. The van der Waals surface area contributed by atoms with E-state index in [2.05, 4.69) is 10.4 Å². The maximum Gasteiger partial charge on any atom is 0.343 e. The lowest BCUT2D eigenvalue weighted by Crippen LogP contribution is -2.37. The lowest BCUT2D eigenvalue weighted by atomic mass is 10.2. The molecule has 0 spiro atoms. The van der Waals surface area contributed by atoms with Gasteiger partial charge in [-0.3, -0.25) is 19.2 Å². The quantitative estimate of drug-likeness (QED) is 0.506. The smallest absolute Gasteiger partial charge is 0.343 e. The molecule has 1 aromatic heterocycles. The van der Waals surface area contributed by atoms with Crippen LogP contribution in [0.5, 0.6) is 11.5 Å². The Morgan fingerprint density at radius 2 is 1.72 bits per heavy atom. The summed E-state index contributed by atoms with van der Waals surface area (Å²) in [6.07, 6.45) is 1.32. The van der Waals surface area contributed by atoms with E-state index in [-0.39, 0.29) is 37.6 Å². The van der Waals surface area contributed by atoms with Crippen molar-refractivity contribution in [3.8, 4) is 11.5 Å². The van der Waals surface area contributed by atoms with Gasteiger partial charge in [-0.05, 0) is 24.6 Å². The summed E-state index contributed by atoms with van der Waals surface area (Å²) in [5, 5.41) is 6.67. The molecule has 0 fully saturated rings. The fourth-order valence-corrected chi connectivity index (χ4v) is 2.95. The number of methoxy groups -OCH3 is 3. The van der Waals surface area contributed by atoms with Gasteiger partial charge in [0.15, 0.2) is 0 Å². The topological polar surface area (TPSA) is 121 Å². The first-order valence-electron chi connectivity index (χ1n) is 9.81. The zero-order chi connectivity index (χ0) is 23.7. The molecule has 0 bridgehead atoms. The molecule has 11 heteroatoms. The number of hydrogen-bond donors (Lipinski definition) is 1. The minimum atomic E-state index is -0.592. The number of ether oxygens (including phenoxy) is 4. The van der Waals surface area contributed by atoms with Gasteiger partial charge in [0.25, 0.3) is 0 Å². The van der Waals surface area contributed by atoms with Gasteiger partial charge in [0.2, 0.25) is 5.91 Å². The van der Waals surface area contributed by atoms with Crippen molar-refractivity contribution in [3.63, 3.8) is 0 Å². The number of hydrogen-bond acceptors (Lipinski definition) is 9. The normalized spacial score (nSPS) is 10.6. The average Bonchev–Trinajstić information content (AvgIpc) is 3.13. The van der Waals surface area contributed by atoms with Gasteiger partial charge in [-0.25, -0.2) is 4.79 Å². The standard InChI is InChI=1S/C21H28N4O7/c1-6-32-21(28)17-10-22-24(2)20(17)23-18(26)12-25(13-19(27)31-5)11-14-7-15(29-3)9-16(8-14)30-4/h7-10H,6,11-13H2,1-5H3,(H,23,26). The molecule has 2 rings (SSSR count). The largest absolute Gasteiger partial charge is 0.497 e. The van der Waals surface area contributed by atoms with Crippen LogP contribution in [0.25, 0.3) is 0 Å². The predicted octanol–water partition coefficient (Wildman–Crippen LogP) is 1.23. The van der Waals surface area contributed by atoms with E-state index >= 15 is 0 Å². The molecule has 32 heavy (non-hydrogen) atoms. The zero-order valence-electron chi connectivity index (χ0n) is 18.8. The van der Waals surface area contributed by atoms with Gasteiger partial charge < -0.3 is 24.3 Å². The second-order valence-electron chi connectivity index (χ2n) is 6.74. The second kappa shape index (κ2) is 11.7. The van der Waals surface area contributed by atoms with E-state index in [9.17, 15) is 14.4 Å². The van der Waals surface area contributed by atoms with Crippen LogP contribution in [0, 0.1) is 0 Å². The van der Waals surface area contributed by atoms with Crippen molar-refractivity contribution in [3.05, 3.63) is 35.5 Å². The number of nitrogens with one attached hydrogen (secondary N) is 1. The fraction of sp³-hybridized carbons (Fsp3) is 0.429. The number of aryl methyl sites for hydroxylation is 1. The van der Waals surface area contributed by atoms with Crippen LogP contribution < -0.4 is 14.8 Å². The van der Waals surface area contributed by atoms with Crippen LogP contribution in [-0.2, 0) is 32.7 Å². The number of rotatable bonds is 11. The summed E-state index contributed by atoms with van der Waals surface area (Å²) in [4.78, 5) is 38.4. The Hall–Kier alpha value is -3.60. The van der Waals surface area contributed by atoms with Crippen LogP contribution in [0.15, 0.2) is 24.4 Å². The molecule has 0 saturated heterocycles. The lowest BCUT2D eigenvalue weighted by molar-refractivity contribution is -0.142. The summed E-state index contributed by atoms with van der Waals surface area (Å²) in [5.41, 5.74) is 0.908. The SMILES string of the molecule is CCOC(=O)c1cnn(C)c1NC(=O)CN(CC(=O)OC)Cc1cc(OC)cc(OC)c1. The molecule has 1 heterocycles. The molecule has 1 aromatic carbocycles. The molecule has 11 nitrogen and oxygen atoms in total. The molecule has 0 aliphatic rings. The Labute approximate surface area is 186 Å². The van der Waals surface area contributed by atoms with Gasteiger partial charge in [0.05, 0.1) is 47.2 Å². The number of carbonyl (C=O) groups excluding carboxylic acids is 3. The maximum atomic E-state index is 12.8. The first-order chi connectivity index (χ1) is 15.3. The number of benzene rings is 1. The number of carbonyl (C=O) groups is 3. The summed E-state index contributed by atoms with van der Waals surface area (Å²) in [7, 11) is 5.93. The minimum Gasteiger partial charge on any atom is -0.497 e. The molecule has 1 N–H and O–H groups in total. The molecule has 0 saturated carbocycles. The molecular formula is C21H28N4O7. The van der Waals surface area contributed by atoms with Crippen LogP contribution in [0.1, 0.15) is 22.8 Å². The monoisotopic (exact) mass is 448 g/mol. The molecule has 0 aliphatic carbocycles. The molecule has 1 amide bonds. The number of anilines is 1. The van der Waals surface area contributed by atoms with Gasteiger partial charge in [0, 0.05) is 19.7 Å². The highest BCUT2D eigenvalue weighted by molar-refractivity contribution is 6.00. The second-order valence-corrected chi connectivity index (χ2v) is 6.74. The summed E-state index contributed by atoms with van der Waals surface area (Å²) < 4.78 is 21.7. The summed E-state index contributed by atoms with van der Waals surface area (Å²) in [6, 6.07) is 5.29. The van der Waals surface area contributed by atoms with Crippen LogP contribution in [0.4, 0.5) is 5.82 Å². The van der Waals surface area contributed by atoms with Crippen molar-refractivity contribution < 1.29 is 33.3 Å². The number of amides is 1. The molecule has 0 radical (unpaired) electrons. The Morgan fingerprint density at radius 1 is 1.06 bits per heavy atom. The van der Waals surface area contributed by atoms with E-state index in [0.717, 1.165) is 5.56 Å². The molecule has 2 aromatic rings. The molecule has 0 aliphatic heterocycles. The third-order valence-corrected chi connectivity index (χ3v) is 4.46. The van der Waals surface area contributed by atoms with E-state index in [0.29, 0.717) is 11.5 Å². The van der Waals surface area contributed by atoms with Gasteiger partial charge >= 0.3 is 11.9 Å². The van der Waals surface area contributed by atoms with Crippen LogP contribution in [-0.4, -0.2) is 73.6 Å². The summed E-state index contributed by atoms with van der Waals surface area (Å²) in [5.74, 6) is -0.176. The first-order valence-corrected chi connectivity index (χ1v) is 9.81. The number of esters is 2. The Kier molecular flexibility index (Phi) is 9.02. The first kappa shape index (κ1) is 24.7. The van der Waals surface area contributed by atoms with E-state index in [1.54, 1.807) is 37.1 Å². The Morgan fingerprint density at radius 3 is 2.28 bits per heavy atom.